The van der Waals surface area contributed by atoms with Crippen LogP contribution in [0.25, 0.3) is 0 Å². The number of hydrogen-bond donors (Lipinski definition) is 2. The minimum atomic E-state index is -0.0909. The zero-order chi connectivity index (χ0) is 11.4. The van der Waals surface area contributed by atoms with E-state index in [1.54, 1.807) is 6.26 Å². The van der Waals surface area contributed by atoms with Gasteiger partial charge < -0.3 is 9.73 Å². The lowest BCUT2D eigenvalue weighted by Crippen LogP contribution is -2.24. The van der Waals surface area contributed by atoms with Gasteiger partial charge in [0.15, 0.2) is 0 Å². The average Bonchev–Trinajstić information content (AvgIpc) is 2.91. The van der Waals surface area contributed by atoms with Crippen LogP contribution < -0.4 is 5.32 Å². The van der Waals surface area contributed by atoms with E-state index in [4.69, 9.17) is 4.42 Å². The first-order valence-electron chi connectivity index (χ1n) is 5.14. The Bertz CT molecular complexity index is 426. The maximum atomic E-state index is 5.45. The standard InChI is InChI=1S/C10H13BrN4O/c1-2-4-12-8(10-13-6-14-15-10)9-7(11)3-5-16-9/h3,5-6,8,12H,2,4H2,1H3,(H,13,14,15). The van der Waals surface area contributed by atoms with Crippen molar-refractivity contribution in [3.8, 4) is 0 Å². The molecule has 16 heavy (non-hydrogen) atoms. The fourth-order valence-electron chi connectivity index (χ4n) is 1.47. The van der Waals surface area contributed by atoms with Gasteiger partial charge in [0.25, 0.3) is 0 Å². The van der Waals surface area contributed by atoms with Gasteiger partial charge in [0.05, 0.1) is 10.7 Å². The van der Waals surface area contributed by atoms with Crippen LogP contribution in [0, 0.1) is 0 Å². The summed E-state index contributed by atoms with van der Waals surface area (Å²) in [6, 6.07) is 1.78. The number of nitrogens with one attached hydrogen (secondary N) is 2. The van der Waals surface area contributed by atoms with Crippen molar-refractivity contribution in [2.24, 2.45) is 0 Å². The molecule has 0 fully saturated rings. The smallest absolute Gasteiger partial charge is 0.149 e. The molecule has 2 aromatic rings. The Morgan fingerprint density at radius 2 is 2.50 bits per heavy atom. The molecule has 2 aromatic heterocycles. The van der Waals surface area contributed by atoms with Crippen molar-refractivity contribution >= 4 is 15.9 Å². The summed E-state index contributed by atoms with van der Waals surface area (Å²) in [6.45, 7) is 3.00. The van der Waals surface area contributed by atoms with E-state index in [0.717, 1.165) is 29.0 Å². The summed E-state index contributed by atoms with van der Waals surface area (Å²) in [4.78, 5) is 4.16. The van der Waals surface area contributed by atoms with Crippen molar-refractivity contribution in [3.05, 3.63) is 34.7 Å². The first-order chi connectivity index (χ1) is 7.83. The van der Waals surface area contributed by atoms with E-state index in [1.807, 2.05) is 6.07 Å². The zero-order valence-corrected chi connectivity index (χ0v) is 10.5. The van der Waals surface area contributed by atoms with Crippen molar-refractivity contribution in [2.75, 3.05) is 6.54 Å². The fraction of sp³-hybridized carbons (Fsp3) is 0.400. The molecule has 6 heteroatoms. The SMILES string of the molecule is CCCNC(c1ncn[nH]1)c1occc1Br. The number of hydrogen-bond acceptors (Lipinski definition) is 4. The molecule has 1 unspecified atom stereocenters. The minimum Gasteiger partial charge on any atom is -0.466 e. The van der Waals surface area contributed by atoms with Crippen LogP contribution in [-0.2, 0) is 0 Å². The largest absolute Gasteiger partial charge is 0.466 e. The molecule has 5 nitrogen and oxygen atoms in total. The second-order valence-electron chi connectivity index (χ2n) is 3.39. The van der Waals surface area contributed by atoms with E-state index in [1.165, 1.54) is 6.33 Å². The molecule has 0 radical (unpaired) electrons. The van der Waals surface area contributed by atoms with Crippen molar-refractivity contribution in [1.29, 1.82) is 0 Å². The molecule has 0 saturated heterocycles. The highest BCUT2D eigenvalue weighted by atomic mass is 79.9. The maximum Gasteiger partial charge on any atom is 0.149 e. The van der Waals surface area contributed by atoms with Gasteiger partial charge in [0, 0.05) is 0 Å². The topological polar surface area (TPSA) is 66.7 Å². The Morgan fingerprint density at radius 1 is 1.62 bits per heavy atom. The Hall–Kier alpha value is -1.14. The molecular formula is C10H13BrN4O. The van der Waals surface area contributed by atoms with Crippen LogP contribution in [-0.4, -0.2) is 21.7 Å². The maximum absolute atomic E-state index is 5.45. The number of H-pyrrole nitrogens is 1. The van der Waals surface area contributed by atoms with Crippen LogP contribution in [0.3, 0.4) is 0 Å². The molecule has 2 heterocycles. The summed E-state index contributed by atoms with van der Waals surface area (Å²) >= 11 is 3.45. The van der Waals surface area contributed by atoms with Crippen molar-refractivity contribution in [3.63, 3.8) is 0 Å². The predicted octanol–water partition coefficient (Wildman–Crippen LogP) is 2.25. The lowest BCUT2D eigenvalue weighted by atomic mass is 10.2. The Morgan fingerprint density at radius 3 is 3.06 bits per heavy atom. The second-order valence-corrected chi connectivity index (χ2v) is 4.24. The van der Waals surface area contributed by atoms with E-state index in [-0.39, 0.29) is 6.04 Å². The van der Waals surface area contributed by atoms with Crippen LogP contribution in [0.15, 0.2) is 27.5 Å². The summed E-state index contributed by atoms with van der Waals surface area (Å²) in [5, 5.41) is 10.1. The number of aromatic nitrogens is 3. The number of halogens is 1. The van der Waals surface area contributed by atoms with E-state index in [9.17, 15) is 0 Å². The third-order valence-electron chi connectivity index (χ3n) is 2.21. The molecule has 0 bridgehead atoms. The molecule has 2 rings (SSSR count). The number of furan rings is 1. The molecule has 0 amide bonds. The number of rotatable bonds is 5. The quantitative estimate of drug-likeness (QED) is 0.884. The second kappa shape index (κ2) is 5.27. The molecule has 0 aliphatic rings. The van der Waals surface area contributed by atoms with Gasteiger partial charge in [-0.2, -0.15) is 5.10 Å². The van der Waals surface area contributed by atoms with E-state index in [2.05, 4.69) is 43.4 Å². The van der Waals surface area contributed by atoms with Crippen LogP contribution in [0.4, 0.5) is 0 Å². The summed E-state index contributed by atoms with van der Waals surface area (Å²) in [5.74, 6) is 1.56. The summed E-state index contributed by atoms with van der Waals surface area (Å²) < 4.78 is 6.38. The molecular weight excluding hydrogens is 272 g/mol. The predicted molar refractivity (Wildman–Crippen MR) is 62.9 cm³/mol. The summed E-state index contributed by atoms with van der Waals surface area (Å²) in [6.07, 6.45) is 4.19. The van der Waals surface area contributed by atoms with E-state index >= 15 is 0 Å². The Kier molecular flexibility index (Phi) is 3.74. The van der Waals surface area contributed by atoms with Crippen LogP contribution >= 0.6 is 15.9 Å². The fourth-order valence-corrected chi connectivity index (χ4v) is 1.90. The summed E-state index contributed by atoms with van der Waals surface area (Å²) in [7, 11) is 0. The third-order valence-corrected chi connectivity index (χ3v) is 2.87. The van der Waals surface area contributed by atoms with Crippen LogP contribution in [0.2, 0.25) is 0 Å². The molecule has 0 spiro atoms. The average molecular weight is 285 g/mol. The highest BCUT2D eigenvalue weighted by Crippen LogP contribution is 2.27. The number of aromatic amines is 1. The van der Waals surface area contributed by atoms with Gasteiger partial charge in [0.1, 0.15) is 24.0 Å². The van der Waals surface area contributed by atoms with E-state index < -0.39 is 0 Å². The van der Waals surface area contributed by atoms with Gasteiger partial charge in [-0.25, -0.2) is 4.98 Å². The molecule has 0 saturated carbocycles. The van der Waals surface area contributed by atoms with E-state index in [0.29, 0.717) is 0 Å². The lowest BCUT2D eigenvalue weighted by Gasteiger charge is -2.13. The molecule has 0 aliphatic heterocycles. The highest BCUT2D eigenvalue weighted by Gasteiger charge is 2.21. The van der Waals surface area contributed by atoms with Crippen molar-refractivity contribution in [2.45, 2.75) is 19.4 Å². The van der Waals surface area contributed by atoms with Crippen LogP contribution in [0.1, 0.15) is 31.0 Å². The van der Waals surface area contributed by atoms with Gasteiger partial charge >= 0.3 is 0 Å². The molecule has 2 N–H and O–H groups in total. The van der Waals surface area contributed by atoms with Gasteiger partial charge in [-0.15, -0.1) is 0 Å². The van der Waals surface area contributed by atoms with Gasteiger partial charge in [-0.1, -0.05) is 6.92 Å². The van der Waals surface area contributed by atoms with Gasteiger partial charge in [-0.3, -0.25) is 5.10 Å². The molecule has 1 atom stereocenters. The van der Waals surface area contributed by atoms with Crippen LogP contribution in [0.5, 0.6) is 0 Å². The van der Waals surface area contributed by atoms with Crippen molar-refractivity contribution < 1.29 is 4.42 Å². The van der Waals surface area contributed by atoms with Gasteiger partial charge in [-0.05, 0) is 35.0 Å². The third kappa shape index (κ3) is 2.33. The molecule has 86 valence electrons. The first kappa shape index (κ1) is 11.3. The lowest BCUT2D eigenvalue weighted by molar-refractivity contribution is 0.434. The number of nitrogens with zero attached hydrogens (tertiary/aromatic N) is 2. The van der Waals surface area contributed by atoms with Crippen molar-refractivity contribution in [1.82, 2.24) is 20.5 Å². The first-order valence-corrected chi connectivity index (χ1v) is 5.93. The minimum absolute atomic E-state index is 0.0909. The Labute approximate surface area is 102 Å². The Balaban J connectivity index is 2.25. The normalized spacial score (nSPS) is 12.9. The van der Waals surface area contributed by atoms with Gasteiger partial charge in [0.2, 0.25) is 0 Å². The zero-order valence-electron chi connectivity index (χ0n) is 8.90. The molecule has 0 aliphatic carbocycles. The monoisotopic (exact) mass is 284 g/mol. The highest BCUT2D eigenvalue weighted by molar-refractivity contribution is 9.10. The molecule has 0 aromatic carbocycles. The summed E-state index contributed by atoms with van der Waals surface area (Å²) in [5.41, 5.74) is 0.